The van der Waals surface area contributed by atoms with Crippen LogP contribution in [0.1, 0.15) is 51.0 Å². The number of rotatable bonds is 9. The summed E-state index contributed by atoms with van der Waals surface area (Å²) >= 11 is 0. The minimum atomic E-state index is -0.572. The molecule has 0 unspecified atom stereocenters. The van der Waals surface area contributed by atoms with Gasteiger partial charge in [0, 0.05) is 18.7 Å². The SMILES string of the molecule is C[C@H](N)C(=O)N[C@H](C=CC(=O)NCC1CCCCC1)CCc1ccccc1. The number of carbonyl (C=O) groups excluding carboxylic acids is 2. The molecule has 4 N–H and O–H groups in total. The van der Waals surface area contributed by atoms with Crippen LogP contribution in [0.25, 0.3) is 0 Å². The Balaban J connectivity index is 1.85. The van der Waals surface area contributed by atoms with Gasteiger partial charge in [0.15, 0.2) is 0 Å². The van der Waals surface area contributed by atoms with Gasteiger partial charge in [-0.1, -0.05) is 55.7 Å². The third kappa shape index (κ3) is 8.39. The van der Waals surface area contributed by atoms with Gasteiger partial charge in [-0.3, -0.25) is 9.59 Å². The Morgan fingerprint density at radius 2 is 1.89 bits per heavy atom. The van der Waals surface area contributed by atoms with Crippen molar-refractivity contribution >= 4 is 11.8 Å². The molecule has 5 heteroatoms. The molecule has 1 aliphatic carbocycles. The molecule has 1 fully saturated rings. The first-order chi connectivity index (χ1) is 13.0. The van der Waals surface area contributed by atoms with E-state index in [1.165, 1.54) is 37.7 Å². The van der Waals surface area contributed by atoms with Crippen LogP contribution in [0.3, 0.4) is 0 Å². The Kier molecular flexibility index (Phi) is 9.05. The highest BCUT2D eigenvalue weighted by Crippen LogP contribution is 2.22. The van der Waals surface area contributed by atoms with Crippen LogP contribution in [-0.2, 0) is 16.0 Å². The summed E-state index contributed by atoms with van der Waals surface area (Å²) in [4.78, 5) is 24.1. The predicted molar refractivity (Wildman–Crippen MR) is 109 cm³/mol. The van der Waals surface area contributed by atoms with E-state index in [0.29, 0.717) is 5.92 Å². The van der Waals surface area contributed by atoms with Gasteiger partial charge in [0.1, 0.15) is 0 Å². The normalized spacial score (nSPS) is 17.4. The molecule has 1 aromatic carbocycles. The molecule has 2 amide bonds. The highest BCUT2D eigenvalue weighted by atomic mass is 16.2. The number of carbonyl (C=O) groups is 2. The largest absolute Gasteiger partial charge is 0.352 e. The van der Waals surface area contributed by atoms with Crippen molar-refractivity contribution in [3.05, 3.63) is 48.0 Å². The van der Waals surface area contributed by atoms with Crippen molar-refractivity contribution in [3.63, 3.8) is 0 Å². The van der Waals surface area contributed by atoms with Gasteiger partial charge in [-0.15, -0.1) is 0 Å². The lowest BCUT2D eigenvalue weighted by molar-refractivity contribution is -0.122. The molecule has 0 radical (unpaired) electrons. The Morgan fingerprint density at radius 3 is 2.56 bits per heavy atom. The van der Waals surface area contributed by atoms with E-state index in [1.807, 2.05) is 18.2 Å². The maximum Gasteiger partial charge on any atom is 0.243 e. The van der Waals surface area contributed by atoms with Crippen LogP contribution in [0.4, 0.5) is 0 Å². The zero-order chi connectivity index (χ0) is 19.5. The second-order valence-electron chi connectivity index (χ2n) is 7.54. The number of hydrogen-bond acceptors (Lipinski definition) is 3. The van der Waals surface area contributed by atoms with Crippen LogP contribution in [0.5, 0.6) is 0 Å². The van der Waals surface area contributed by atoms with Gasteiger partial charge in [-0.25, -0.2) is 0 Å². The van der Waals surface area contributed by atoms with E-state index in [2.05, 4.69) is 22.8 Å². The number of amides is 2. The molecule has 27 heavy (non-hydrogen) atoms. The molecule has 0 saturated heterocycles. The fourth-order valence-corrected chi connectivity index (χ4v) is 3.40. The van der Waals surface area contributed by atoms with E-state index in [4.69, 9.17) is 5.73 Å². The predicted octanol–water partition coefficient (Wildman–Crippen LogP) is 2.70. The molecule has 1 aromatic rings. The molecule has 0 heterocycles. The summed E-state index contributed by atoms with van der Waals surface area (Å²) in [5, 5.41) is 5.91. The topological polar surface area (TPSA) is 84.2 Å². The van der Waals surface area contributed by atoms with Crippen LogP contribution >= 0.6 is 0 Å². The van der Waals surface area contributed by atoms with Gasteiger partial charge >= 0.3 is 0 Å². The summed E-state index contributed by atoms with van der Waals surface area (Å²) in [6.07, 6.45) is 11.1. The molecule has 0 aromatic heterocycles. The molecule has 5 nitrogen and oxygen atoms in total. The average molecular weight is 372 g/mol. The Bertz CT molecular complexity index is 607. The monoisotopic (exact) mass is 371 g/mol. The molecule has 2 rings (SSSR count). The fourth-order valence-electron chi connectivity index (χ4n) is 3.40. The molecule has 0 aliphatic heterocycles. The fraction of sp³-hybridized carbons (Fsp3) is 0.545. The van der Waals surface area contributed by atoms with E-state index in [1.54, 1.807) is 19.1 Å². The van der Waals surface area contributed by atoms with Crippen molar-refractivity contribution in [1.82, 2.24) is 10.6 Å². The van der Waals surface area contributed by atoms with Crippen molar-refractivity contribution in [2.24, 2.45) is 11.7 Å². The molecule has 0 spiro atoms. The van der Waals surface area contributed by atoms with Gasteiger partial charge in [0.05, 0.1) is 6.04 Å². The average Bonchev–Trinajstić information content (AvgIpc) is 2.69. The van der Waals surface area contributed by atoms with E-state index in [0.717, 1.165) is 19.4 Å². The standard InChI is InChI=1S/C22H33N3O2/c1-17(23)22(27)25-20(13-12-18-8-4-2-5-9-18)14-15-21(26)24-16-19-10-6-3-7-11-19/h2,4-5,8-9,14-15,17,19-20H,3,6-7,10-13,16,23H2,1H3,(H,24,26)(H,25,27)/t17-,20-/m0/s1. The quantitative estimate of drug-likeness (QED) is 0.584. The van der Waals surface area contributed by atoms with Crippen LogP contribution in [0, 0.1) is 5.92 Å². The summed E-state index contributed by atoms with van der Waals surface area (Å²) in [5.74, 6) is 0.295. The molecule has 1 aliphatic rings. The van der Waals surface area contributed by atoms with Crippen LogP contribution < -0.4 is 16.4 Å². The van der Waals surface area contributed by atoms with Crippen molar-refractivity contribution < 1.29 is 9.59 Å². The molecule has 0 bridgehead atoms. The van der Waals surface area contributed by atoms with Gasteiger partial charge in [-0.2, -0.15) is 0 Å². The number of aryl methyl sites for hydroxylation is 1. The van der Waals surface area contributed by atoms with Crippen LogP contribution in [-0.4, -0.2) is 30.4 Å². The highest BCUT2D eigenvalue weighted by Gasteiger charge is 2.15. The van der Waals surface area contributed by atoms with Crippen molar-refractivity contribution in [2.45, 2.75) is 64.0 Å². The summed E-state index contributed by atoms with van der Waals surface area (Å²) in [7, 11) is 0. The van der Waals surface area contributed by atoms with Gasteiger partial charge in [-0.05, 0) is 44.1 Å². The van der Waals surface area contributed by atoms with Crippen molar-refractivity contribution in [1.29, 1.82) is 0 Å². The number of nitrogens with one attached hydrogen (secondary N) is 2. The van der Waals surface area contributed by atoms with Gasteiger partial charge in [0.2, 0.25) is 11.8 Å². The first-order valence-electron chi connectivity index (χ1n) is 10.1. The lowest BCUT2D eigenvalue weighted by Crippen LogP contribution is -2.43. The van der Waals surface area contributed by atoms with E-state index in [-0.39, 0.29) is 17.9 Å². The summed E-state index contributed by atoms with van der Waals surface area (Å²) in [5.41, 5.74) is 6.86. The number of benzene rings is 1. The second-order valence-corrected chi connectivity index (χ2v) is 7.54. The summed E-state index contributed by atoms with van der Waals surface area (Å²) in [6, 6.07) is 9.31. The van der Waals surface area contributed by atoms with E-state index >= 15 is 0 Å². The molecular weight excluding hydrogens is 338 g/mol. The minimum absolute atomic E-state index is 0.0969. The zero-order valence-corrected chi connectivity index (χ0v) is 16.3. The third-order valence-corrected chi connectivity index (χ3v) is 5.10. The first-order valence-corrected chi connectivity index (χ1v) is 10.1. The maximum absolute atomic E-state index is 12.1. The summed E-state index contributed by atoms with van der Waals surface area (Å²) < 4.78 is 0. The van der Waals surface area contributed by atoms with Gasteiger partial charge in [0.25, 0.3) is 0 Å². The van der Waals surface area contributed by atoms with Crippen molar-refractivity contribution in [2.75, 3.05) is 6.54 Å². The van der Waals surface area contributed by atoms with E-state index in [9.17, 15) is 9.59 Å². The third-order valence-electron chi connectivity index (χ3n) is 5.10. The van der Waals surface area contributed by atoms with E-state index < -0.39 is 6.04 Å². The number of hydrogen-bond donors (Lipinski definition) is 3. The lowest BCUT2D eigenvalue weighted by atomic mass is 9.89. The molecule has 1 saturated carbocycles. The molecule has 148 valence electrons. The van der Waals surface area contributed by atoms with Gasteiger partial charge < -0.3 is 16.4 Å². The summed E-state index contributed by atoms with van der Waals surface area (Å²) in [6.45, 7) is 2.40. The van der Waals surface area contributed by atoms with Crippen LogP contribution in [0.15, 0.2) is 42.5 Å². The Hall–Kier alpha value is -2.14. The lowest BCUT2D eigenvalue weighted by Gasteiger charge is -2.21. The molecular formula is C22H33N3O2. The molecule has 2 atom stereocenters. The van der Waals surface area contributed by atoms with Crippen LogP contribution in [0.2, 0.25) is 0 Å². The first kappa shape index (κ1) is 21.2. The Labute approximate surface area is 162 Å². The minimum Gasteiger partial charge on any atom is -0.352 e. The second kappa shape index (κ2) is 11.5. The number of nitrogens with two attached hydrogens (primary N) is 1. The maximum atomic E-state index is 12.1. The smallest absolute Gasteiger partial charge is 0.243 e. The highest BCUT2D eigenvalue weighted by molar-refractivity contribution is 5.87. The zero-order valence-electron chi connectivity index (χ0n) is 16.3. The van der Waals surface area contributed by atoms with Crippen molar-refractivity contribution in [3.8, 4) is 0 Å². The Morgan fingerprint density at radius 1 is 1.19 bits per heavy atom.